The number of carbonyl (C=O) groups excluding carboxylic acids is 2. The molecular weight excluding hydrogens is 388 g/mol. The van der Waals surface area contributed by atoms with E-state index in [1.165, 1.54) is 12.8 Å². The third kappa shape index (κ3) is 5.65. The van der Waals surface area contributed by atoms with E-state index in [4.69, 9.17) is 16.3 Å². The highest BCUT2D eigenvalue weighted by Gasteiger charge is 2.37. The summed E-state index contributed by atoms with van der Waals surface area (Å²) in [6.45, 7) is 0. The Morgan fingerprint density at radius 2 is 1.62 bits per heavy atom. The quantitative estimate of drug-likeness (QED) is 0.518. The zero-order valence-corrected chi connectivity index (χ0v) is 18.1. The van der Waals surface area contributed by atoms with E-state index < -0.39 is 6.04 Å². The van der Waals surface area contributed by atoms with Gasteiger partial charge in [0.05, 0.1) is 7.11 Å². The summed E-state index contributed by atoms with van der Waals surface area (Å²) in [6.07, 6.45) is 10.8. The van der Waals surface area contributed by atoms with Gasteiger partial charge >= 0.3 is 0 Å². The summed E-state index contributed by atoms with van der Waals surface area (Å²) >= 11 is 5.98. The lowest BCUT2D eigenvalue weighted by Gasteiger charge is -2.36. The van der Waals surface area contributed by atoms with Crippen LogP contribution in [0.5, 0.6) is 5.75 Å². The summed E-state index contributed by atoms with van der Waals surface area (Å²) in [5.41, 5.74) is 0.808. The zero-order chi connectivity index (χ0) is 20.6. The number of hydrogen-bond donors (Lipinski definition) is 1. The van der Waals surface area contributed by atoms with Gasteiger partial charge in [-0.25, -0.2) is 0 Å². The third-order valence-corrected chi connectivity index (χ3v) is 6.51. The van der Waals surface area contributed by atoms with Crippen molar-refractivity contribution in [1.82, 2.24) is 10.2 Å². The summed E-state index contributed by atoms with van der Waals surface area (Å²) in [5.74, 6) is 0.357. The smallest absolute Gasteiger partial charge is 0.247 e. The Morgan fingerprint density at radius 3 is 2.17 bits per heavy atom. The minimum atomic E-state index is -0.654. The standard InChI is InChI=1S/C23H33ClN2O3/c1-29-20-14-12-17(13-15-20)22(23(28)25-18-8-4-2-3-5-9-18)26(21(27)16-24)19-10-6-7-11-19/h12-15,18-19,22H,2-11,16H2,1H3,(H,25,28)/t22-/m1/s1. The molecule has 2 aliphatic carbocycles. The van der Waals surface area contributed by atoms with Crippen LogP contribution in [0.2, 0.25) is 0 Å². The van der Waals surface area contributed by atoms with Gasteiger partial charge in [-0.3, -0.25) is 9.59 Å². The van der Waals surface area contributed by atoms with Crippen LogP contribution in [0.15, 0.2) is 24.3 Å². The molecule has 2 saturated carbocycles. The molecule has 2 amide bonds. The van der Waals surface area contributed by atoms with Crippen LogP contribution in [0.3, 0.4) is 0 Å². The Bertz CT molecular complexity index is 665. The van der Waals surface area contributed by atoms with Crippen molar-refractivity contribution in [3.05, 3.63) is 29.8 Å². The molecule has 0 aliphatic heterocycles. The molecule has 1 aromatic carbocycles. The van der Waals surface area contributed by atoms with Gasteiger partial charge in [-0.2, -0.15) is 0 Å². The summed E-state index contributed by atoms with van der Waals surface area (Å²) < 4.78 is 5.27. The lowest BCUT2D eigenvalue weighted by molar-refractivity contribution is -0.142. The van der Waals surface area contributed by atoms with Crippen LogP contribution >= 0.6 is 11.6 Å². The number of nitrogens with zero attached hydrogens (tertiary/aromatic N) is 1. The highest BCUT2D eigenvalue weighted by Crippen LogP contribution is 2.33. The van der Waals surface area contributed by atoms with Crippen molar-refractivity contribution in [2.24, 2.45) is 0 Å². The first-order valence-corrected chi connectivity index (χ1v) is 11.5. The first kappa shape index (κ1) is 21.9. The molecule has 5 nitrogen and oxygen atoms in total. The number of alkyl halides is 1. The van der Waals surface area contributed by atoms with Gasteiger partial charge in [0.1, 0.15) is 17.7 Å². The fourth-order valence-corrected chi connectivity index (χ4v) is 4.88. The summed E-state index contributed by atoms with van der Waals surface area (Å²) in [5, 5.41) is 3.26. The normalized spacial score (nSPS) is 19.4. The Hall–Kier alpha value is -1.75. The molecule has 6 heteroatoms. The molecule has 1 N–H and O–H groups in total. The molecule has 0 spiro atoms. The summed E-state index contributed by atoms with van der Waals surface area (Å²) in [7, 11) is 1.62. The van der Waals surface area contributed by atoms with Crippen LogP contribution in [-0.4, -0.2) is 41.8 Å². The van der Waals surface area contributed by atoms with Crippen LogP contribution in [-0.2, 0) is 9.59 Å². The SMILES string of the molecule is COc1ccc([C@H](C(=O)NC2CCCCCC2)N(C(=O)CCl)C2CCCC2)cc1. The van der Waals surface area contributed by atoms with Crippen LogP contribution < -0.4 is 10.1 Å². The number of carbonyl (C=O) groups is 2. The molecule has 0 heterocycles. The first-order valence-electron chi connectivity index (χ1n) is 11.0. The Kier molecular flexibility index (Phi) is 8.22. The predicted octanol–water partition coefficient (Wildman–Crippen LogP) is 4.59. The van der Waals surface area contributed by atoms with Gasteiger partial charge in [0.25, 0.3) is 0 Å². The van der Waals surface area contributed by atoms with Crippen molar-refractivity contribution >= 4 is 23.4 Å². The van der Waals surface area contributed by atoms with E-state index in [0.29, 0.717) is 0 Å². The second kappa shape index (κ2) is 10.9. The molecular formula is C23H33ClN2O3. The van der Waals surface area contributed by atoms with E-state index in [1.54, 1.807) is 12.0 Å². The Labute approximate surface area is 179 Å². The number of rotatable bonds is 7. The number of halogens is 1. The Morgan fingerprint density at radius 1 is 1.03 bits per heavy atom. The summed E-state index contributed by atoms with van der Waals surface area (Å²) in [4.78, 5) is 28.2. The van der Waals surface area contributed by atoms with Crippen molar-refractivity contribution in [3.8, 4) is 5.75 Å². The molecule has 1 atom stereocenters. The number of methoxy groups -OCH3 is 1. The molecule has 3 rings (SSSR count). The van der Waals surface area contributed by atoms with E-state index in [9.17, 15) is 9.59 Å². The summed E-state index contributed by atoms with van der Waals surface area (Å²) in [6, 6.07) is 7.06. The average molecular weight is 421 g/mol. The zero-order valence-electron chi connectivity index (χ0n) is 17.4. The van der Waals surface area contributed by atoms with Gasteiger partial charge in [0.2, 0.25) is 11.8 Å². The molecule has 0 bridgehead atoms. The highest BCUT2D eigenvalue weighted by atomic mass is 35.5. The predicted molar refractivity (Wildman–Crippen MR) is 115 cm³/mol. The number of amides is 2. The van der Waals surface area contributed by atoms with E-state index in [-0.39, 0.29) is 29.8 Å². The van der Waals surface area contributed by atoms with Crippen molar-refractivity contribution in [2.45, 2.75) is 82.3 Å². The minimum Gasteiger partial charge on any atom is -0.497 e. The maximum absolute atomic E-state index is 13.5. The maximum Gasteiger partial charge on any atom is 0.247 e. The third-order valence-electron chi connectivity index (χ3n) is 6.28. The molecule has 29 heavy (non-hydrogen) atoms. The molecule has 1 aromatic rings. The number of benzene rings is 1. The van der Waals surface area contributed by atoms with Gasteiger partial charge in [-0.1, -0.05) is 50.7 Å². The van der Waals surface area contributed by atoms with E-state index in [1.807, 2.05) is 24.3 Å². The van der Waals surface area contributed by atoms with Gasteiger partial charge in [0, 0.05) is 12.1 Å². The van der Waals surface area contributed by atoms with Gasteiger partial charge in [0.15, 0.2) is 0 Å². The van der Waals surface area contributed by atoms with Crippen molar-refractivity contribution in [3.63, 3.8) is 0 Å². The second-order valence-corrected chi connectivity index (χ2v) is 8.51. The molecule has 2 aliphatic rings. The molecule has 2 fully saturated rings. The first-order chi connectivity index (χ1) is 14.1. The molecule has 0 saturated heterocycles. The number of nitrogens with one attached hydrogen (secondary N) is 1. The van der Waals surface area contributed by atoms with Crippen molar-refractivity contribution in [1.29, 1.82) is 0 Å². The molecule has 0 unspecified atom stereocenters. The second-order valence-electron chi connectivity index (χ2n) is 8.25. The highest BCUT2D eigenvalue weighted by molar-refractivity contribution is 6.27. The minimum absolute atomic E-state index is 0.0632. The van der Waals surface area contributed by atoms with Crippen molar-refractivity contribution < 1.29 is 14.3 Å². The largest absolute Gasteiger partial charge is 0.497 e. The van der Waals surface area contributed by atoms with Gasteiger partial charge in [-0.05, 0) is 43.4 Å². The Balaban J connectivity index is 1.90. The molecule has 160 valence electrons. The van der Waals surface area contributed by atoms with Crippen LogP contribution in [0.1, 0.15) is 75.8 Å². The van der Waals surface area contributed by atoms with E-state index >= 15 is 0 Å². The molecule has 0 aromatic heterocycles. The maximum atomic E-state index is 13.5. The molecule has 0 radical (unpaired) electrons. The van der Waals surface area contributed by atoms with Gasteiger partial charge in [-0.15, -0.1) is 11.6 Å². The lowest BCUT2D eigenvalue weighted by atomic mass is 9.99. The van der Waals surface area contributed by atoms with Crippen molar-refractivity contribution in [2.75, 3.05) is 13.0 Å². The topological polar surface area (TPSA) is 58.6 Å². The monoisotopic (exact) mass is 420 g/mol. The van der Waals surface area contributed by atoms with Crippen LogP contribution in [0.25, 0.3) is 0 Å². The number of hydrogen-bond acceptors (Lipinski definition) is 3. The van der Waals surface area contributed by atoms with E-state index in [0.717, 1.165) is 62.7 Å². The fraction of sp³-hybridized carbons (Fsp3) is 0.652. The van der Waals surface area contributed by atoms with Crippen LogP contribution in [0.4, 0.5) is 0 Å². The van der Waals surface area contributed by atoms with E-state index in [2.05, 4.69) is 5.32 Å². The fourth-order valence-electron chi connectivity index (χ4n) is 4.74. The lowest BCUT2D eigenvalue weighted by Crippen LogP contribution is -2.50. The van der Waals surface area contributed by atoms with Crippen LogP contribution in [0, 0.1) is 0 Å². The average Bonchev–Trinajstić information content (AvgIpc) is 3.15. The van der Waals surface area contributed by atoms with Gasteiger partial charge < -0.3 is 15.0 Å². The number of ether oxygens (including phenoxy) is 1.